The quantitative estimate of drug-likeness (QED) is 0.861. The summed E-state index contributed by atoms with van der Waals surface area (Å²) in [5.41, 5.74) is 2.53. The van der Waals surface area contributed by atoms with Crippen LogP contribution in [0.15, 0.2) is 46.9 Å². The number of carbonyl (C=O) groups excluding carboxylic acids is 1. The molecule has 0 bridgehead atoms. The van der Waals surface area contributed by atoms with Gasteiger partial charge >= 0.3 is 0 Å². The van der Waals surface area contributed by atoms with Crippen molar-refractivity contribution in [2.75, 3.05) is 10.6 Å². The molecule has 0 spiro atoms. The van der Waals surface area contributed by atoms with Gasteiger partial charge in [-0.2, -0.15) is 0 Å². The van der Waals surface area contributed by atoms with Gasteiger partial charge in [-0.1, -0.05) is 15.9 Å². The molecule has 0 aliphatic heterocycles. The Morgan fingerprint density at radius 3 is 2.38 bits per heavy atom. The van der Waals surface area contributed by atoms with Gasteiger partial charge in [0.15, 0.2) is 0 Å². The molecule has 0 unspecified atom stereocenters. The summed E-state index contributed by atoms with van der Waals surface area (Å²) in [5, 5.41) is 5.87. The Morgan fingerprint density at radius 2 is 1.76 bits per heavy atom. The van der Waals surface area contributed by atoms with Gasteiger partial charge in [0.05, 0.1) is 0 Å². The van der Waals surface area contributed by atoms with Gasteiger partial charge in [0.1, 0.15) is 11.9 Å². The van der Waals surface area contributed by atoms with E-state index in [0.29, 0.717) is 5.69 Å². The van der Waals surface area contributed by atoms with Crippen LogP contribution in [-0.4, -0.2) is 11.9 Å². The van der Waals surface area contributed by atoms with Gasteiger partial charge < -0.3 is 10.6 Å². The molecule has 3 nitrogen and oxygen atoms in total. The smallest absolute Gasteiger partial charge is 0.246 e. The van der Waals surface area contributed by atoms with Gasteiger partial charge in [0.2, 0.25) is 5.91 Å². The topological polar surface area (TPSA) is 41.1 Å². The van der Waals surface area contributed by atoms with Crippen LogP contribution < -0.4 is 10.6 Å². The lowest BCUT2D eigenvalue weighted by Gasteiger charge is -2.16. The Kier molecular flexibility index (Phi) is 4.96. The van der Waals surface area contributed by atoms with Crippen molar-refractivity contribution >= 4 is 33.2 Å². The molecule has 2 aromatic rings. The van der Waals surface area contributed by atoms with Crippen molar-refractivity contribution in [1.82, 2.24) is 0 Å². The Bertz CT molecular complexity index is 643. The number of nitrogens with one attached hydrogen (secondary N) is 2. The van der Waals surface area contributed by atoms with Crippen molar-refractivity contribution in [2.45, 2.75) is 19.9 Å². The summed E-state index contributed by atoms with van der Waals surface area (Å²) in [6.45, 7) is 3.76. The van der Waals surface area contributed by atoms with Crippen LogP contribution in [0.2, 0.25) is 0 Å². The van der Waals surface area contributed by atoms with E-state index in [1.165, 1.54) is 24.3 Å². The molecule has 0 radical (unpaired) electrons. The summed E-state index contributed by atoms with van der Waals surface area (Å²) in [4.78, 5) is 12.1. The highest BCUT2D eigenvalue weighted by Crippen LogP contribution is 2.20. The third kappa shape index (κ3) is 4.29. The zero-order valence-corrected chi connectivity index (χ0v) is 13.4. The molecule has 0 aliphatic rings. The number of anilines is 2. The maximum atomic E-state index is 12.8. The zero-order valence-electron chi connectivity index (χ0n) is 11.8. The van der Waals surface area contributed by atoms with E-state index in [2.05, 4.69) is 26.6 Å². The molecule has 1 atom stereocenters. The van der Waals surface area contributed by atoms with Crippen LogP contribution in [0.5, 0.6) is 0 Å². The second-order valence-electron chi connectivity index (χ2n) is 4.83. The summed E-state index contributed by atoms with van der Waals surface area (Å²) >= 11 is 3.44. The molecule has 0 fully saturated rings. The Hall–Kier alpha value is -1.88. The summed E-state index contributed by atoms with van der Waals surface area (Å²) < 4.78 is 13.8. The standard InChI is InChI=1S/C16H16BrFN2O/c1-10-9-14(7-8-15(10)17)19-11(2)16(21)20-13-5-3-12(18)4-6-13/h3-9,11,19H,1-2H3,(H,20,21)/t11-/m0/s1. The number of aryl methyl sites for hydroxylation is 1. The minimum atomic E-state index is -0.407. The summed E-state index contributed by atoms with van der Waals surface area (Å²) in [7, 11) is 0. The fourth-order valence-electron chi connectivity index (χ4n) is 1.83. The van der Waals surface area contributed by atoms with Crippen LogP contribution in [0.1, 0.15) is 12.5 Å². The molecular formula is C16H16BrFN2O. The van der Waals surface area contributed by atoms with Crippen molar-refractivity contribution in [1.29, 1.82) is 0 Å². The Balaban J connectivity index is 1.98. The van der Waals surface area contributed by atoms with Crippen LogP contribution in [0.4, 0.5) is 15.8 Å². The van der Waals surface area contributed by atoms with Crippen LogP contribution >= 0.6 is 15.9 Å². The van der Waals surface area contributed by atoms with Crippen LogP contribution in [0.25, 0.3) is 0 Å². The van der Waals surface area contributed by atoms with E-state index in [0.717, 1.165) is 15.7 Å². The average molecular weight is 351 g/mol. The van der Waals surface area contributed by atoms with E-state index in [-0.39, 0.29) is 11.7 Å². The van der Waals surface area contributed by atoms with Crippen molar-refractivity contribution in [2.24, 2.45) is 0 Å². The lowest BCUT2D eigenvalue weighted by Crippen LogP contribution is -2.31. The molecule has 0 saturated carbocycles. The van der Waals surface area contributed by atoms with E-state index in [1.54, 1.807) is 6.92 Å². The Labute approximate surface area is 131 Å². The van der Waals surface area contributed by atoms with Crippen LogP contribution in [-0.2, 0) is 4.79 Å². The molecule has 1 amide bonds. The van der Waals surface area contributed by atoms with Gasteiger partial charge in [-0.15, -0.1) is 0 Å². The third-order valence-corrected chi connectivity index (χ3v) is 3.94. The fourth-order valence-corrected chi connectivity index (χ4v) is 2.08. The summed E-state index contributed by atoms with van der Waals surface area (Å²) in [6.07, 6.45) is 0. The Morgan fingerprint density at radius 1 is 1.14 bits per heavy atom. The van der Waals surface area contributed by atoms with Crippen molar-refractivity contribution in [3.8, 4) is 0 Å². The predicted octanol–water partition coefficient (Wildman–Crippen LogP) is 4.34. The van der Waals surface area contributed by atoms with Crippen molar-refractivity contribution in [3.63, 3.8) is 0 Å². The first-order valence-corrected chi connectivity index (χ1v) is 7.34. The maximum absolute atomic E-state index is 12.8. The maximum Gasteiger partial charge on any atom is 0.246 e. The van der Waals surface area contributed by atoms with Gasteiger partial charge in [-0.25, -0.2) is 4.39 Å². The molecule has 0 saturated heterocycles. The monoisotopic (exact) mass is 350 g/mol. The van der Waals surface area contributed by atoms with Crippen LogP contribution in [0, 0.1) is 12.7 Å². The average Bonchev–Trinajstić information content (AvgIpc) is 2.45. The zero-order chi connectivity index (χ0) is 15.4. The molecule has 2 N–H and O–H groups in total. The first kappa shape index (κ1) is 15.5. The van der Waals surface area contributed by atoms with Crippen molar-refractivity contribution < 1.29 is 9.18 Å². The number of benzene rings is 2. The predicted molar refractivity (Wildman–Crippen MR) is 87.0 cm³/mol. The van der Waals surface area contributed by atoms with Crippen molar-refractivity contribution in [3.05, 3.63) is 58.3 Å². The molecule has 0 aliphatic carbocycles. The highest BCUT2D eigenvalue weighted by atomic mass is 79.9. The van der Waals surface area contributed by atoms with Crippen LogP contribution in [0.3, 0.4) is 0 Å². The van der Waals surface area contributed by atoms with E-state index >= 15 is 0 Å². The normalized spacial score (nSPS) is 11.8. The molecule has 0 heterocycles. The largest absolute Gasteiger partial charge is 0.374 e. The first-order valence-electron chi connectivity index (χ1n) is 6.55. The molecule has 2 rings (SSSR count). The molecular weight excluding hydrogens is 335 g/mol. The summed E-state index contributed by atoms with van der Waals surface area (Å²) in [6, 6.07) is 11.1. The molecule has 21 heavy (non-hydrogen) atoms. The molecule has 110 valence electrons. The third-order valence-electron chi connectivity index (χ3n) is 3.05. The SMILES string of the molecule is Cc1cc(N[C@@H](C)C(=O)Nc2ccc(F)cc2)ccc1Br. The fraction of sp³-hybridized carbons (Fsp3) is 0.188. The molecule has 5 heteroatoms. The second-order valence-corrected chi connectivity index (χ2v) is 5.68. The number of hydrogen-bond acceptors (Lipinski definition) is 2. The van der Waals surface area contributed by atoms with Gasteiger partial charge in [0, 0.05) is 15.8 Å². The van der Waals surface area contributed by atoms with Gasteiger partial charge in [-0.3, -0.25) is 4.79 Å². The number of rotatable bonds is 4. The van der Waals surface area contributed by atoms with E-state index in [9.17, 15) is 9.18 Å². The lowest BCUT2D eigenvalue weighted by atomic mass is 10.2. The number of carbonyl (C=O) groups is 1. The number of amides is 1. The highest BCUT2D eigenvalue weighted by Gasteiger charge is 2.13. The van der Waals surface area contributed by atoms with Gasteiger partial charge in [-0.05, 0) is 61.9 Å². The lowest BCUT2D eigenvalue weighted by molar-refractivity contribution is -0.116. The van der Waals surface area contributed by atoms with Gasteiger partial charge in [0.25, 0.3) is 0 Å². The molecule has 0 aromatic heterocycles. The van der Waals surface area contributed by atoms with E-state index in [1.807, 2.05) is 25.1 Å². The number of hydrogen-bond donors (Lipinski definition) is 2. The highest BCUT2D eigenvalue weighted by molar-refractivity contribution is 9.10. The molecule has 2 aromatic carbocycles. The minimum absolute atomic E-state index is 0.179. The second kappa shape index (κ2) is 6.72. The van der Waals surface area contributed by atoms with E-state index < -0.39 is 6.04 Å². The van der Waals surface area contributed by atoms with E-state index in [4.69, 9.17) is 0 Å². The minimum Gasteiger partial charge on any atom is -0.374 e. The summed E-state index contributed by atoms with van der Waals surface area (Å²) in [5.74, 6) is -0.508. The first-order chi connectivity index (χ1) is 9.95. The number of halogens is 2.